The van der Waals surface area contributed by atoms with Crippen LogP contribution in [-0.2, 0) is 9.53 Å². The van der Waals surface area contributed by atoms with E-state index in [1.54, 1.807) is 23.2 Å². The number of morpholine rings is 1. The van der Waals surface area contributed by atoms with Gasteiger partial charge in [0.2, 0.25) is 0 Å². The Kier molecular flexibility index (Phi) is 7.46. The van der Waals surface area contributed by atoms with Gasteiger partial charge in [-0.1, -0.05) is 42.5 Å². The third-order valence-corrected chi connectivity index (χ3v) is 6.33. The van der Waals surface area contributed by atoms with Gasteiger partial charge in [0.1, 0.15) is 5.75 Å². The van der Waals surface area contributed by atoms with Gasteiger partial charge in [0.15, 0.2) is 12.4 Å². The number of rotatable bonds is 7. The van der Waals surface area contributed by atoms with Crippen LogP contribution in [0.2, 0.25) is 0 Å². The fourth-order valence-electron chi connectivity index (χ4n) is 4.20. The summed E-state index contributed by atoms with van der Waals surface area (Å²) in [6.07, 6.45) is 1.57. The fraction of sp³-hybridized carbons (Fsp3) is 0.241. The summed E-state index contributed by atoms with van der Waals surface area (Å²) in [5.41, 5.74) is 2.63. The summed E-state index contributed by atoms with van der Waals surface area (Å²) < 4.78 is 12.6. The molecule has 3 aromatic carbocycles. The summed E-state index contributed by atoms with van der Waals surface area (Å²) in [5.74, 6) is 0.817. The van der Waals surface area contributed by atoms with Gasteiger partial charge in [-0.3, -0.25) is 9.59 Å². The van der Waals surface area contributed by atoms with Crippen LogP contribution in [0.1, 0.15) is 5.56 Å². The zero-order chi connectivity index (χ0) is 26.5. The van der Waals surface area contributed by atoms with Gasteiger partial charge in [-0.15, -0.1) is 0 Å². The average molecular weight is 512 g/mol. The molecule has 9 nitrogen and oxygen atoms in total. The zero-order valence-corrected chi connectivity index (χ0v) is 21.4. The maximum Gasteiger partial charge on any atom is 0.282 e. The molecular weight excluding hydrogens is 482 g/mol. The van der Waals surface area contributed by atoms with Crippen LogP contribution in [0.15, 0.2) is 82.7 Å². The molecule has 0 atom stereocenters. The zero-order valence-electron chi connectivity index (χ0n) is 21.4. The Labute approximate surface area is 220 Å². The van der Waals surface area contributed by atoms with Gasteiger partial charge in [0.25, 0.3) is 11.5 Å². The van der Waals surface area contributed by atoms with Crippen molar-refractivity contribution in [1.29, 1.82) is 0 Å². The smallest absolute Gasteiger partial charge is 0.282 e. The Morgan fingerprint density at radius 1 is 1.05 bits per heavy atom. The molecule has 2 heterocycles. The van der Waals surface area contributed by atoms with Crippen LogP contribution in [0.5, 0.6) is 5.75 Å². The first kappa shape index (κ1) is 25.2. The van der Waals surface area contributed by atoms with Crippen molar-refractivity contribution in [1.82, 2.24) is 14.6 Å². The number of carbonyl (C=O) groups is 1. The Hall–Kier alpha value is -4.50. The maximum atomic E-state index is 13.5. The first-order chi connectivity index (χ1) is 18.5. The molecule has 1 aliphatic heterocycles. The topological polar surface area (TPSA) is 89.3 Å². The highest BCUT2D eigenvalue weighted by Gasteiger charge is 2.18. The molecule has 0 aliphatic carbocycles. The third kappa shape index (κ3) is 5.42. The van der Waals surface area contributed by atoms with Crippen LogP contribution in [0.3, 0.4) is 0 Å². The number of anilines is 1. The van der Waals surface area contributed by atoms with E-state index in [1.165, 1.54) is 4.68 Å². The minimum atomic E-state index is -0.277. The van der Waals surface area contributed by atoms with E-state index in [9.17, 15) is 9.59 Å². The molecule has 1 amide bonds. The number of hydrogen-bond acceptors (Lipinski definition) is 7. The minimum Gasteiger partial charge on any atom is -0.483 e. The Morgan fingerprint density at radius 3 is 2.55 bits per heavy atom. The lowest BCUT2D eigenvalue weighted by molar-refractivity contribution is -0.137. The summed E-state index contributed by atoms with van der Waals surface area (Å²) >= 11 is 0. The third-order valence-electron chi connectivity index (χ3n) is 6.33. The van der Waals surface area contributed by atoms with Crippen LogP contribution in [0.25, 0.3) is 22.3 Å². The molecule has 0 spiro atoms. The first-order valence-electron chi connectivity index (χ1n) is 12.4. The second-order valence-electron chi connectivity index (χ2n) is 9.08. The summed E-state index contributed by atoms with van der Waals surface area (Å²) in [6, 6.07) is 22.3. The van der Waals surface area contributed by atoms with Crippen molar-refractivity contribution in [2.24, 2.45) is 5.10 Å². The number of benzene rings is 3. The lowest BCUT2D eigenvalue weighted by atomic mass is 10.2. The van der Waals surface area contributed by atoms with E-state index in [4.69, 9.17) is 14.5 Å². The van der Waals surface area contributed by atoms with Crippen molar-refractivity contribution in [3.05, 3.63) is 88.7 Å². The van der Waals surface area contributed by atoms with Gasteiger partial charge in [-0.25, -0.2) is 4.98 Å². The van der Waals surface area contributed by atoms with E-state index in [2.05, 4.69) is 5.10 Å². The largest absolute Gasteiger partial charge is 0.483 e. The van der Waals surface area contributed by atoms with Crippen LogP contribution < -0.4 is 15.2 Å². The molecule has 194 valence electrons. The predicted octanol–water partition coefficient (Wildman–Crippen LogP) is 3.25. The summed E-state index contributed by atoms with van der Waals surface area (Å²) in [4.78, 5) is 34.6. The normalized spacial score (nSPS) is 13.7. The molecule has 0 unspecified atom stereocenters. The Balaban J connectivity index is 1.52. The van der Waals surface area contributed by atoms with Gasteiger partial charge in [0.05, 0.1) is 30.3 Å². The number of hydrogen-bond donors (Lipinski definition) is 0. The number of fused-ring (bicyclic) bond motifs is 1. The molecule has 0 saturated carbocycles. The molecule has 5 rings (SSSR count). The van der Waals surface area contributed by atoms with Crippen molar-refractivity contribution < 1.29 is 14.3 Å². The summed E-state index contributed by atoms with van der Waals surface area (Å²) in [6.45, 7) is 2.04. The van der Waals surface area contributed by atoms with E-state index in [1.807, 2.05) is 79.7 Å². The van der Waals surface area contributed by atoms with Crippen LogP contribution in [0, 0.1) is 0 Å². The average Bonchev–Trinajstić information content (AvgIpc) is 2.96. The standard InChI is InChI=1S/C29H29N5O4/c1-32(2)23-13-12-22(26(18-23)38-20-27(35)33-14-16-37-17-15-33)19-30-34-28(21-8-4-3-5-9-21)31-25-11-7-6-10-24(25)29(34)36/h3-13,18-19H,14-17,20H2,1-2H3. The van der Waals surface area contributed by atoms with Crippen LogP contribution >= 0.6 is 0 Å². The van der Waals surface area contributed by atoms with Crippen molar-refractivity contribution in [3.8, 4) is 17.1 Å². The van der Waals surface area contributed by atoms with E-state index >= 15 is 0 Å². The van der Waals surface area contributed by atoms with E-state index in [0.29, 0.717) is 54.3 Å². The molecule has 1 aromatic heterocycles. The van der Waals surface area contributed by atoms with E-state index < -0.39 is 0 Å². The molecule has 1 saturated heterocycles. The minimum absolute atomic E-state index is 0.104. The number of aromatic nitrogens is 2. The van der Waals surface area contributed by atoms with Gasteiger partial charge >= 0.3 is 0 Å². The summed E-state index contributed by atoms with van der Waals surface area (Å²) in [5, 5.41) is 5.04. The monoisotopic (exact) mass is 511 g/mol. The van der Waals surface area contributed by atoms with Gasteiger partial charge in [-0.05, 0) is 24.3 Å². The number of carbonyl (C=O) groups excluding carboxylic acids is 1. The van der Waals surface area contributed by atoms with Gasteiger partial charge < -0.3 is 19.3 Å². The van der Waals surface area contributed by atoms with Crippen LogP contribution in [0.4, 0.5) is 5.69 Å². The first-order valence-corrected chi connectivity index (χ1v) is 12.4. The van der Waals surface area contributed by atoms with E-state index in [0.717, 1.165) is 11.3 Å². The SMILES string of the molecule is CN(C)c1ccc(C=Nn2c(-c3ccccc3)nc3ccccc3c2=O)c(OCC(=O)N2CCOCC2)c1. The predicted molar refractivity (Wildman–Crippen MR) is 148 cm³/mol. The number of para-hydroxylation sites is 1. The summed E-state index contributed by atoms with van der Waals surface area (Å²) in [7, 11) is 3.86. The highest BCUT2D eigenvalue weighted by atomic mass is 16.5. The second-order valence-corrected chi connectivity index (χ2v) is 9.08. The lowest BCUT2D eigenvalue weighted by Crippen LogP contribution is -2.43. The molecule has 4 aromatic rings. The number of nitrogens with zero attached hydrogens (tertiary/aromatic N) is 5. The molecule has 38 heavy (non-hydrogen) atoms. The molecule has 0 bridgehead atoms. The molecule has 0 radical (unpaired) electrons. The van der Waals surface area contributed by atoms with Gasteiger partial charge in [0, 0.05) is 50.1 Å². The van der Waals surface area contributed by atoms with Gasteiger partial charge in [-0.2, -0.15) is 9.78 Å². The van der Waals surface area contributed by atoms with Crippen molar-refractivity contribution in [2.45, 2.75) is 0 Å². The highest BCUT2D eigenvalue weighted by molar-refractivity contribution is 5.86. The fourth-order valence-corrected chi connectivity index (χ4v) is 4.20. The number of amides is 1. The van der Waals surface area contributed by atoms with Crippen molar-refractivity contribution in [2.75, 3.05) is 51.9 Å². The lowest BCUT2D eigenvalue weighted by Gasteiger charge is -2.27. The Morgan fingerprint density at radius 2 is 1.79 bits per heavy atom. The van der Waals surface area contributed by atoms with Crippen molar-refractivity contribution >= 4 is 28.7 Å². The van der Waals surface area contributed by atoms with E-state index in [-0.39, 0.29) is 18.1 Å². The molecule has 1 fully saturated rings. The highest BCUT2D eigenvalue weighted by Crippen LogP contribution is 2.25. The quantitative estimate of drug-likeness (QED) is 0.354. The molecule has 0 N–H and O–H groups in total. The van der Waals surface area contributed by atoms with Crippen molar-refractivity contribution in [3.63, 3.8) is 0 Å². The second kappa shape index (κ2) is 11.3. The molecule has 1 aliphatic rings. The molecule has 9 heteroatoms. The maximum absolute atomic E-state index is 13.5. The number of ether oxygens (including phenoxy) is 2. The molecular formula is C29H29N5O4. The van der Waals surface area contributed by atoms with Crippen LogP contribution in [-0.4, -0.2) is 73.7 Å². The Bertz CT molecular complexity index is 1530.